The van der Waals surface area contributed by atoms with Gasteiger partial charge in [-0.1, -0.05) is 6.07 Å². The maximum atomic E-state index is 12.5. The van der Waals surface area contributed by atoms with Crippen LogP contribution in [-0.2, 0) is 11.3 Å². The molecule has 0 saturated carbocycles. The Kier molecular flexibility index (Phi) is 9.31. The number of hydrogen-bond donors (Lipinski definition) is 3. The number of unbranched alkanes of at least 4 members (excludes halogenated alkanes) is 1. The first-order chi connectivity index (χ1) is 19.2. The lowest BCUT2D eigenvalue weighted by molar-refractivity contribution is -0.274. The zero-order valence-corrected chi connectivity index (χ0v) is 21.4. The summed E-state index contributed by atoms with van der Waals surface area (Å²) < 4.78 is 47.1. The minimum Gasteiger partial charge on any atom is -0.406 e. The maximum absolute atomic E-state index is 12.5. The number of fused-ring (bicyclic) bond motifs is 3. The standard InChI is InChI=1S/C28H27F3N6O3/c29-28(30,31)40-21-12-18(15-32)11-19(13-21)16-34-6-1-2-9-39-10-8-36-27-23-5-7-35-17-24(23)22-4-3-20(26(33)38)14-25(22)37-27/h3-5,7,11-14,17,34H,1-2,6,8-10,16H2,(H2,33,38)(H,36,37). The van der Waals surface area contributed by atoms with Crippen LogP contribution < -0.4 is 21.1 Å². The van der Waals surface area contributed by atoms with E-state index in [9.17, 15) is 18.0 Å². The van der Waals surface area contributed by atoms with Gasteiger partial charge in [-0.25, -0.2) is 4.98 Å². The number of nitriles is 1. The molecule has 0 fully saturated rings. The third-order valence-electron chi connectivity index (χ3n) is 5.97. The van der Waals surface area contributed by atoms with Gasteiger partial charge in [0.05, 0.1) is 23.8 Å². The number of halogens is 3. The van der Waals surface area contributed by atoms with E-state index in [4.69, 9.17) is 15.7 Å². The Labute approximate surface area is 228 Å². The molecule has 4 aromatic rings. The van der Waals surface area contributed by atoms with Gasteiger partial charge in [0.1, 0.15) is 11.6 Å². The van der Waals surface area contributed by atoms with Crippen LogP contribution in [0, 0.1) is 11.3 Å². The smallest absolute Gasteiger partial charge is 0.406 e. The fourth-order valence-electron chi connectivity index (χ4n) is 4.19. The van der Waals surface area contributed by atoms with Gasteiger partial charge in [0.15, 0.2) is 0 Å². The number of alkyl halides is 3. The molecule has 0 radical (unpaired) electrons. The second kappa shape index (κ2) is 13.1. The Morgan fingerprint density at radius 3 is 2.65 bits per heavy atom. The largest absolute Gasteiger partial charge is 0.573 e. The van der Waals surface area contributed by atoms with Crippen LogP contribution >= 0.6 is 0 Å². The van der Waals surface area contributed by atoms with E-state index in [1.54, 1.807) is 24.5 Å². The molecule has 9 nitrogen and oxygen atoms in total. The van der Waals surface area contributed by atoms with E-state index < -0.39 is 18.0 Å². The van der Waals surface area contributed by atoms with Gasteiger partial charge in [0.2, 0.25) is 5.91 Å². The van der Waals surface area contributed by atoms with Gasteiger partial charge < -0.3 is 25.8 Å². The molecule has 40 heavy (non-hydrogen) atoms. The van der Waals surface area contributed by atoms with Crippen molar-refractivity contribution in [1.82, 2.24) is 15.3 Å². The van der Waals surface area contributed by atoms with Crippen molar-refractivity contribution in [2.75, 3.05) is 31.6 Å². The van der Waals surface area contributed by atoms with Crippen LogP contribution in [0.5, 0.6) is 5.75 Å². The summed E-state index contributed by atoms with van der Waals surface area (Å²) in [6.07, 6.45) is 0.213. The van der Waals surface area contributed by atoms with Crippen molar-refractivity contribution in [2.45, 2.75) is 25.7 Å². The highest BCUT2D eigenvalue weighted by Gasteiger charge is 2.31. The molecule has 0 unspecified atom stereocenters. The molecule has 12 heteroatoms. The lowest BCUT2D eigenvalue weighted by Crippen LogP contribution is -2.18. The minimum atomic E-state index is -4.82. The quantitative estimate of drug-likeness (QED) is 0.161. The fraction of sp³-hybridized carbons (Fsp3) is 0.286. The summed E-state index contributed by atoms with van der Waals surface area (Å²) in [5.41, 5.74) is 7.05. The Balaban J connectivity index is 1.19. The van der Waals surface area contributed by atoms with Crippen LogP contribution in [0.3, 0.4) is 0 Å². The van der Waals surface area contributed by atoms with E-state index in [1.807, 2.05) is 18.2 Å². The summed E-state index contributed by atoms with van der Waals surface area (Å²) in [7, 11) is 0. The van der Waals surface area contributed by atoms with Gasteiger partial charge >= 0.3 is 6.36 Å². The highest BCUT2D eigenvalue weighted by Crippen LogP contribution is 2.29. The number of primary amides is 1. The third-order valence-corrected chi connectivity index (χ3v) is 5.97. The number of carbonyl (C=O) groups excluding carboxylic acids is 1. The van der Waals surface area contributed by atoms with E-state index in [1.165, 1.54) is 12.1 Å². The molecule has 0 bridgehead atoms. The van der Waals surface area contributed by atoms with Gasteiger partial charge in [0, 0.05) is 53.8 Å². The van der Waals surface area contributed by atoms with E-state index in [2.05, 4.69) is 25.3 Å². The SMILES string of the molecule is N#Cc1cc(CNCCCCOCCNc2nc3cc(C(N)=O)ccc3c3cnccc23)cc(OC(F)(F)F)c1. The van der Waals surface area contributed by atoms with Crippen molar-refractivity contribution in [2.24, 2.45) is 5.73 Å². The summed E-state index contributed by atoms with van der Waals surface area (Å²) in [6.45, 7) is 2.43. The van der Waals surface area contributed by atoms with E-state index in [0.29, 0.717) is 55.3 Å². The number of nitrogens with zero attached hydrogens (tertiary/aromatic N) is 3. The maximum Gasteiger partial charge on any atom is 0.573 e. The molecular weight excluding hydrogens is 525 g/mol. The molecule has 0 spiro atoms. The van der Waals surface area contributed by atoms with Crippen molar-refractivity contribution in [3.63, 3.8) is 0 Å². The first-order valence-corrected chi connectivity index (χ1v) is 12.5. The number of nitrogens with one attached hydrogen (secondary N) is 2. The highest BCUT2D eigenvalue weighted by molar-refractivity contribution is 6.11. The molecule has 2 aromatic heterocycles. The summed E-state index contributed by atoms with van der Waals surface area (Å²) in [5, 5.41) is 18.2. The number of benzene rings is 2. The molecule has 0 aliphatic heterocycles. The van der Waals surface area contributed by atoms with Crippen molar-refractivity contribution in [3.8, 4) is 11.8 Å². The van der Waals surface area contributed by atoms with Gasteiger partial charge in [-0.15, -0.1) is 13.2 Å². The van der Waals surface area contributed by atoms with Crippen molar-refractivity contribution >= 4 is 33.4 Å². The number of amides is 1. The number of nitrogens with two attached hydrogens (primary N) is 1. The van der Waals surface area contributed by atoms with Gasteiger partial charge in [-0.3, -0.25) is 9.78 Å². The predicted molar refractivity (Wildman–Crippen MR) is 144 cm³/mol. The normalized spacial score (nSPS) is 11.4. The molecular formula is C28H27F3N6O3. The lowest BCUT2D eigenvalue weighted by atomic mass is 10.1. The Hall–Kier alpha value is -4.47. The van der Waals surface area contributed by atoms with Crippen LogP contribution in [-0.4, -0.2) is 48.5 Å². The van der Waals surface area contributed by atoms with Crippen LogP contribution in [0.4, 0.5) is 19.0 Å². The fourth-order valence-corrected chi connectivity index (χ4v) is 4.19. The predicted octanol–water partition coefficient (Wildman–Crippen LogP) is 4.65. The Morgan fingerprint density at radius 1 is 1.02 bits per heavy atom. The molecule has 0 aliphatic carbocycles. The summed E-state index contributed by atoms with van der Waals surface area (Å²) in [4.78, 5) is 20.5. The topological polar surface area (TPSA) is 135 Å². The molecule has 4 rings (SSSR count). The molecule has 0 atom stereocenters. The number of rotatable bonds is 13. The molecule has 2 heterocycles. The molecule has 1 amide bonds. The third kappa shape index (κ3) is 7.78. The van der Waals surface area contributed by atoms with Gasteiger partial charge in [-0.2, -0.15) is 5.26 Å². The zero-order valence-electron chi connectivity index (χ0n) is 21.4. The summed E-state index contributed by atoms with van der Waals surface area (Å²) >= 11 is 0. The van der Waals surface area contributed by atoms with Crippen LogP contribution in [0.1, 0.15) is 34.3 Å². The average Bonchev–Trinajstić information content (AvgIpc) is 2.92. The molecule has 208 valence electrons. The summed E-state index contributed by atoms with van der Waals surface area (Å²) in [6, 6.07) is 12.7. The Bertz CT molecular complexity index is 1540. The van der Waals surface area contributed by atoms with Gasteiger partial charge in [0.25, 0.3) is 0 Å². The Morgan fingerprint density at radius 2 is 1.88 bits per heavy atom. The second-order valence-corrected chi connectivity index (χ2v) is 8.93. The number of carbonyl (C=O) groups is 1. The second-order valence-electron chi connectivity index (χ2n) is 8.93. The van der Waals surface area contributed by atoms with Crippen molar-refractivity contribution in [1.29, 1.82) is 5.26 Å². The molecule has 2 aromatic carbocycles. The first kappa shape index (κ1) is 28.5. The number of hydrogen-bond acceptors (Lipinski definition) is 8. The van der Waals surface area contributed by atoms with Crippen molar-refractivity contribution < 1.29 is 27.4 Å². The van der Waals surface area contributed by atoms with E-state index >= 15 is 0 Å². The number of pyridine rings is 2. The van der Waals surface area contributed by atoms with Gasteiger partial charge in [-0.05, 0) is 61.3 Å². The van der Waals surface area contributed by atoms with E-state index in [-0.39, 0.29) is 5.56 Å². The summed E-state index contributed by atoms with van der Waals surface area (Å²) in [5.74, 6) is -0.279. The number of ether oxygens (including phenoxy) is 2. The molecule has 4 N–H and O–H groups in total. The van der Waals surface area contributed by atoms with E-state index in [0.717, 1.165) is 35.1 Å². The molecule has 0 aliphatic rings. The zero-order chi connectivity index (χ0) is 28.5. The number of anilines is 1. The van der Waals surface area contributed by atoms with Crippen LogP contribution in [0.25, 0.3) is 21.7 Å². The first-order valence-electron chi connectivity index (χ1n) is 12.5. The minimum absolute atomic E-state index is 0.0968. The average molecular weight is 553 g/mol. The molecule has 0 saturated heterocycles. The van der Waals surface area contributed by atoms with Crippen LogP contribution in [0.15, 0.2) is 54.9 Å². The monoisotopic (exact) mass is 552 g/mol. The lowest BCUT2D eigenvalue weighted by Gasteiger charge is -2.12. The van der Waals surface area contributed by atoms with Crippen molar-refractivity contribution in [3.05, 3.63) is 71.5 Å². The highest BCUT2D eigenvalue weighted by atomic mass is 19.4. The van der Waals surface area contributed by atoms with Crippen LogP contribution in [0.2, 0.25) is 0 Å². The number of aromatic nitrogens is 2.